The van der Waals surface area contributed by atoms with E-state index in [1.54, 1.807) is 0 Å². The molecule has 22 heavy (non-hydrogen) atoms. The van der Waals surface area contributed by atoms with Gasteiger partial charge < -0.3 is 5.11 Å². The first-order chi connectivity index (χ1) is 10.5. The summed E-state index contributed by atoms with van der Waals surface area (Å²) in [4.78, 5) is 12.8. The Bertz CT molecular complexity index is 464. The molecule has 0 aromatic heterocycles. The summed E-state index contributed by atoms with van der Waals surface area (Å²) in [5, 5.41) is 19.8. The Morgan fingerprint density at radius 3 is 2.55 bits per heavy atom. The molecule has 0 amide bonds. The molecule has 4 saturated carbocycles. The average molecular weight is 303 g/mol. The van der Waals surface area contributed by atoms with E-state index in [9.17, 15) is 9.90 Å². The number of carbonyl (C=O) groups excluding carboxylic acids is 1. The summed E-state index contributed by atoms with van der Waals surface area (Å²) < 4.78 is 0. The number of nitrogens with zero attached hydrogens (tertiary/aromatic N) is 1. The molecule has 3 heteroatoms. The van der Waals surface area contributed by atoms with Crippen molar-refractivity contribution in [2.24, 2.45) is 23.2 Å². The molecule has 3 atom stereocenters. The van der Waals surface area contributed by atoms with E-state index in [2.05, 4.69) is 13.0 Å². The van der Waals surface area contributed by atoms with Crippen molar-refractivity contribution < 1.29 is 9.90 Å². The van der Waals surface area contributed by atoms with Gasteiger partial charge in [0, 0.05) is 18.8 Å². The van der Waals surface area contributed by atoms with Crippen molar-refractivity contribution in [1.82, 2.24) is 0 Å². The van der Waals surface area contributed by atoms with Crippen LogP contribution in [-0.4, -0.2) is 16.5 Å². The molecular weight excluding hydrogens is 274 g/mol. The summed E-state index contributed by atoms with van der Waals surface area (Å²) in [7, 11) is 0. The number of hydrogen-bond donors (Lipinski definition) is 1. The van der Waals surface area contributed by atoms with E-state index in [0.717, 1.165) is 51.4 Å². The summed E-state index contributed by atoms with van der Waals surface area (Å²) in [5.74, 6) is 1.47. The predicted octanol–water partition coefficient (Wildman–Crippen LogP) is 4.00. The molecule has 3 unspecified atom stereocenters. The highest BCUT2D eigenvalue weighted by atomic mass is 16.3. The van der Waals surface area contributed by atoms with Crippen molar-refractivity contribution in [2.45, 2.75) is 83.2 Å². The normalized spacial score (nSPS) is 40.4. The minimum absolute atomic E-state index is 0.0514. The van der Waals surface area contributed by atoms with Gasteiger partial charge in [-0.2, -0.15) is 5.26 Å². The van der Waals surface area contributed by atoms with Crippen LogP contribution in [-0.2, 0) is 4.79 Å². The van der Waals surface area contributed by atoms with Crippen molar-refractivity contribution >= 4 is 5.78 Å². The number of hydrogen-bond acceptors (Lipinski definition) is 3. The zero-order valence-corrected chi connectivity index (χ0v) is 13.8. The third kappa shape index (κ3) is 3.08. The van der Waals surface area contributed by atoms with Crippen molar-refractivity contribution in [2.75, 3.05) is 0 Å². The zero-order valence-electron chi connectivity index (χ0n) is 13.8. The van der Waals surface area contributed by atoms with Crippen LogP contribution in [0.1, 0.15) is 77.6 Å². The third-order valence-corrected chi connectivity index (χ3v) is 6.40. The molecule has 0 aliphatic heterocycles. The van der Waals surface area contributed by atoms with Crippen LogP contribution in [0.5, 0.6) is 0 Å². The Hall–Kier alpha value is -0.880. The van der Waals surface area contributed by atoms with Crippen LogP contribution < -0.4 is 0 Å². The maximum Gasteiger partial charge on any atom is 0.137 e. The Kier molecular flexibility index (Phi) is 4.34. The Balaban J connectivity index is 1.69. The van der Waals surface area contributed by atoms with Crippen molar-refractivity contribution in [1.29, 1.82) is 5.26 Å². The fraction of sp³-hybridized carbons (Fsp3) is 0.895. The fourth-order valence-electron chi connectivity index (χ4n) is 6.06. The number of rotatable bonds is 7. The molecule has 0 heterocycles. The molecule has 0 radical (unpaired) electrons. The van der Waals surface area contributed by atoms with Crippen LogP contribution in [0, 0.1) is 34.5 Å². The first-order valence-corrected chi connectivity index (χ1v) is 9.10. The van der Waals surface area contributed by atoms with Gasteiger partial charge in [0.05, 0.1) is 11.7 Å². The van der Waals surface area contributed by atoms with Gasteiger partial charge in [0.15, 0.2) is 0 Å². The number of aliphatic hydroxyl groups is 1. The second-order valence-electron chi connectivity index (χ2n) is 8.53. The van der Waals surface area contributed by atoms with Crippen molar-refractivity contribution in [3.05, 3.63) is 0 Å². The number of ketones is 1. The van der Waals surface area contributed by atoms with Crippen LogP contribution in [0.4, 0.5) is 0 Å². The van der Waals surface area contributed by atoms with Crippen LogP contribution in [0.2, 0.25) is 0 Å². The Labute approximate surface area is 134 Å². The van der Waals surface area contributed by atoms with Crippen molar-refractivity contribution in [3.63, 3.8) is 0 Å². The van der Waals surface area contributed by atoms with Gasteiger partial charge in [-0.1, -0.05) is 19.8 Å². The van der Waals surface area contributed by atoms with Crippen LogP contribution >= 0.6 is 0 Å². The zero-order chi connectivity index (χ0) is 15.8. The molecule has 0 saturated heterocycles. The van der Waals surface area contributed by atoms with E-state index in [4.69, 9.17) is 5.26 Å². The minimum Gasteiger partial charge on any atom is -0.390 e. The second kappa shape index (κ2) is 5.96. The highest BCUT2D eigenvalue weighted by Crippen LogP contribution is 2.63. The molecule has 0 aromatic rings. The SMILES string of the molecule is CCCCC(CC#N)C(=O)CC12CC3CC(CC(O)(C3)C1)C2. The third-order valence-electron chi connectivity index (χ3n) is 6.40. The molecule has 4 aliphatic carbocycles. The maximum atomic E-state index is 12.8. The number of unbranched alkanes of at least 4 members (excludes halogenated alkanes) is 1. The van der Waals surface area contributed by atoms with Gasteiger partial charge in [-0.25, -0.2) is 0 Å². The lowest BCUT2D eigenvalue weighted by Gasteiger charge is -2.60. The summed E-state index contributed by atoms with van der Waals surface area (Å²) in [5.41, 5.74) is -0.436. The molecule has 4 rings (SSSR count). The van der Waals surface area contributed by atoms with Gasteiger partial charge in [0.1, 0.15) is 5.78 Å². The number of nitriles is 1. The van der Waals surface area contributed by atoms with Gasteiger partial charge in [-0.3, -0.25) is 4.79 Å². The Morgan fingerprint density at radius 1 is 1.32 bits per heavy atom. The molecule has 1 N–H and O–H groups in total. The molecular formula is C19H29NO2. The smallest absolute Gasteiger partial charge is 0.137 e. The number of carbonyl (C=O) groups is 1. The lowest BCUT2D eigenvalue weighted by atomic mass is 9.47. The average Bonchev–Trinajstić information content (AvgIpc) is 2.39. The monoisotopic (exact) mass is 303 g/mol. The standard InChI is InChI=1S/C19H29NO2/c1-2-3-4-16(5-6-20)17(21)12-18-8-14-7-15(9-18)11-19(22,10-14)13-18/h14-16,22H,2-5,7-13H2,1H3. The van der Waals surface area contributed by atoms with Gasteiger partial charge >= 0.3 is 0 Å². The van der Waals surface area contributed by atoms with E-state index in [1.165, 1.54) is 6.42 Å². The van der Waals surface area contributed by atoms with Crippen LogP contribution in [0.3, 0.4) is 0 Å². The molecule has 0 spiro atoms. The molecule has 4 fully saturated rings. The quantitative estimate of drug-likeness (QED) is 0.773. The van der Waals surface area contributed by atoms with Crippen molar-refractivity contribution in [3.8, 4) is 6.07 Å². The molecule has 3 nitrogen and oxygen atoms in total. The lowest BCUT2D eigenvalue weighted by molar-refractivity contribution is -0.169. The maximum absolute atomic E-state index is 12.8. The van der Waals surface area contributed by atoms with E-state index in [0.29, 0.717) is 30.5 Å². The fourth-order valence-corrected chi connectivity index (χ4v) is 6.06. The topological polar surface area (TPSA) is 61.1 Å². The number of Topliss-reactive ketones (excluding diaryl/α,β-unsaturated/α-hetero) is 1. The first-order valence-electron chi connectivity index (χ1n) is 9.10. The lowest BCUT2D eigenvalue weighted by Crippen LogP contribution is -2.56. The second-order valence-corrected chi connectivity index (χ2v) is 8.53. The molecule has 122 valence electrons. The molecule has 4 bridgehead atoms. The van der Waals surface area contributed by atoms with E-state index in [1.807, 2.05) is 0 Å². The highest BCUT2D eigenvalue weighted by Gasteiger charge is 2.57. The minimum atomic E-state index is -0.488. The summed E-state index contributed by atoms with van der Waals surface area (Å²) in [6, 6.07) is 2.20. The molecule has 0 aromatic carbocycles. The van der Waals surface area contributed by atoms with E-state index >= 15 is 0 Å². The largest absolute Gasteiger partial charge is 0.390 e. The van der Waals surface area contributed by atoms with Crippen LogP contribution in [0.25, 0.3) is 0 Å². The predicted molar refractivity (Wildman–Crippen MR) is 84.9 cm³/mol. The summed E-state index contributed by atoms with van der Waals surface area (Å²) in [6.07, 6.45) is 10.2. The van der Waals surface area contributed by atoms with Gasteiger partial charge in [0.25, 0.3) is 0 Å². The van der Waals surface area contributed by atoms with Crippen LogP contribution in [0.15, 0.2) is 0 Å². The Morgan fingerprint density at radius 2 is 2.00 bits per heavy atom. The highest BCUT2D eigenvalue weighted by molar-refractivity contribution is 5.82. The molecule has 4 aliphatic rings. The van der Waals surface area contributed by atoms with Gasteiger partial charge in [-0.15, -0.1) is 0 Å². The van der Waals surface area contributed by atoms with E-state index < -0.39 is 5.60 Å². The summed E-state index contributed by atoms with van der Waals surface area (Å²) >= 11 is 0. The summed E-state index contributed by atoms with van der Waals surface area (Å²) in [6.45, 7) is 2.13. The van der Waals surface area contributed by atoms with E-state index in [-0.39, 0.29) is 11.3 Å². The van der Waals surface area contributed by atoms with Gasteiger partial charge in [-0.05, 0) is 62.2 Å². The van der Waals surface area contributed by atoms with Gasteiger partial charge in [0.2, 0.25) is 0 Å². The first kappa shape index (κ1) is 16.0.